The minimum Gasteiger partial charge on any atom is -0.0822 e. The van der Waals surface area contributed by atoms with Crippen molar-refractivity contribution in [3.05, 3.63) is 11.6 Å². The second-order valence-electron chi connectivity index (χ2n) is 3.27. The zero-order chi connectivity index (χ0) is 6.85. The zero-order valence-electron chi connectivity index (χ0n) is 6.65. The van der Waals surface area contributed by atoms with Gasteiger partial charge in [0.1, 0.15) is 0 Å². The standard InChI is InChI=1S/C9H16/c1-4-9-6-7(2)5-8(9)3/h6,8-9H,4-5H2,1-3H3. The van der Waals surface area contributed by atoms with Crippen LogP contribution < -0.4 is 0 Å². The van der Waals surface area contributed by atoms with Gasteiger partial charge in [-0.15, -0.1) is 0 Å². The fraction of sp³-hybridized carbons (Fsp3) is 0.778. The van der Waals surface area contributed by atoms with E-state index in [9.17, 15) is 0 Å². The lowest BCUT2D eigenvalue weighted by Gasteiger charge is -2.09. The van der Waals surface area contributed by atoms with Crippen LogP contribution in [-0.2, 0) is 0 Å². The molecule has 2 atom stereocenters. The van der Waals surface area contributed by atoms with Crippen molar-refractivity contribution in [1.29, 1.82) is 0 Å². The molecule has 0 radical (unpaired) electrons. The average Bonchev–Trinajstić information content (AvgIpc) is 2.10. The molecule has 0 heteroatoms. The van der Waals surface area contributed by atoms with E-state index < -0.39 is 0 Å². The molecule has 0 aromatic heterocycles. The molecule has 0 aliphatic heterocycles. The van der Waals surface area contributed by atoms with E-state index in [0.717, 1.165) is 11.8 Å². The van der Waals surface area contributed by atoms with E-state index in [4.69, 9.17) is 0 Å². The summed E-state index contributed by atoms with van der Waals surface area (Å²) in [4.78, 5) is 0. The normalized spacial score (nSPS) is 34.8. The number of hydrogen-bond donors (Lipinski definition) is 0. The summed E-state index contributed by atoms with van der Waals surface area (Å²) >= 11 is 0. The minimum atomic E-state index is 0.880. The van der Waals surface area contributed by atoms with Crippen LogP contribution >= 0.6 is 0 Å². The first kappa shape index (κ1) is 6.85. The topological polar surface area (TPSA) is 0 Å². The predicted molar refractivity (Wildman–Crippen MR) is 41.3 cm³/mol. The van der Waals surface area contributed by atoms with Gasteiger partial charge < -0.3 is 0 Å². The second kappa shape index (κ2) is 2.55. The predicted octanol–water partition coefficient (Wildman–Crippen LogP) is 3.00. The Labute approximate surface area is 58.0 Å². The third kappa shape index (κ3) is 1.35. The quantitative estimate of drug-likeness (QED) is 0.471. The summed E-state index contributed by atoms with van der Waals surface area (Å²) in [5.74, 6) is 1.79. The average molecular weight is 124 g/mol. The Morgan fingerprint density at radius 2 is 2.33 bits per heavy atom. The first-order valence-electron chi connectivity index (χ1n) is 3.91. The van der Waals surface area contributed by atoms with E-state index in [0.29, 0.717) is 0 Å². The van der Waals surface area contributed by atoms with Gasteiger partial charge in [-0.25, -0.2) is 0 Å². The lowest BCUT2D eigenvalue weighted by molar-refractivity contribution is 0.448. The van der Waals surface area contributed by atoms with Crippen molar-refractivity contribution in [2.24, 2.45) is 11.8 Å². The van der Waals surface area contributed by atoms with Gasteiger partial charge in [0, 0.05) is 0 Å². The van der Waals surface area contributed by atoms with Crippen LogP contribution in [0.25, 0.3) is 0 Å². The Balaban J connectivity index is 2.53. The summed E-state index contributed by atoms with van der Waals surface area (Å²) < 4.78 is 0. The van der Waals surface area contributed by atoms with Crippen molar-refractivity contribution in [2.45, 2.75) is 33.6 Å². The monoisotopic (exact) mass is 124 g/mol. The van der Waals surface area contributed by atoms with Crippen molar-refractivity contribution in [2.75, 3.05) is 0 Å². The molecule has 2 unspecified atom stereocenters. The van der Waals surface area contributed by atoms with E-state index in [-0.39, 0.29) is 0 Å². The van der Waals surface area contributed by atoms with Crippen LogP contribution in [0.3, 0.4) is 0 Å². The molecule has 0 spiro atoms. The highest BCUT2D eigenvalue weighted by atomic mass is 14.2. The summed E-state index contributed by atoms with van der Waals surface area (Å²) in [7, 11) is 0. The van der Waals surface area contributed by atoms with E-state index in [1.807, 2.05) is 0 Å². The molecule has 0 saturated carbocycles. The van der Waals surface area contributed by atoms with Crippen LogP contribution in [-0.4, -0.2) is 0 Å². The molecule has 0 saturated heterocycles. The van der Waals surface area contributed by atoms with E-state index >= 15 is 0 Å². The molecule has 0 heterocycles. The molecule has 0 fully saturated rings. The van der Waals surface area contributed by atoms with Gasteiger partial charge in [0.25, 0.3) is 0 Å². The molecule has 0 aromatic carbocycles. The molecule has 52 valence electrons. The maximum atomic E-state index is 2.44. The molecule has 9 heavy (non-hydrogen) atoms. The van der Waals surface area contributed by atoms with Gasteiger partial charge in [0.2, 0.25) is 0 Å². The van der Waals surface area contributed by atoms with Crippen molar-refractivity contribution in [3.8, 4) is 0 Å². The summed E-state index contributed by atoms with van der Waals surface area (Å²) in [5, 5.41) is 0. The minimum absolute atomic E-state index is 0.880. The maximum Gasteiger partial charge on any atom is -0.0205 e. The van der Waals surface area contributed by atoms with Crippen molar-refractivity contribution in [1.82, 2.24) is 0 Å². The fourth-order valence-corrected chi connectivity index (χ4v) is 1.78. The fourth-order valence-electron chi connectivity index (χ4n) is 1.78. The molecule has 0 amide bonds. The first-order valence-corrected chi connectivity index (χ1v) is 3.91. The van der Waals surface area contributed by atoms with Crippen LogP contribution in [0.4, 0.5) is 0 Å². The Morgan fingerprint density at radius 3 is 2.56 bits per heavy atom. The van der Waals surface area contributed by atoms with E-state index in [1.54, 1.807) is 5.57 Å². The van der Waals surface area contributed by atoms with Crippen molar-refractivity contribution >= 4 is 0 Å². The molecular formula is C9H16. The Kier molecular flexibility index (Phi) is 1.94. The van der Waals surface area contributed by atoms with Gasteiger partial charge in [-0.05, 0) is 31.6 Å². The van der Waals surface area contributed by atoms with Crippen LogP contribution in [0, 0.1) is 11.8 Å². The lowest BCUT2D eigenvalue weighted by Crippen LogP contribution is -2.00. The molecule has 0 nitrogen and oxygen atoms in total. The van der Waals surface area contributed by atoms with Crippen LogP contribution in [0.5, 0.6) is 0 Å². The summed E-state index contributed by atoms with van der Waals surface area (Å²) in [5.41, 5.74) is 1.59. The van der Waals surface area contributed by atoms with E-state index in [2.05, 4.69) is 26.8 Å². The molecule has 1 rings (SSSR count). The van der Waals surface area contributed by atoms with E-state index in [1.165, 1.54) is 12.8 Å². The molecule has 1 aliphatic carbocycles. The van der Waals surface area contributed by atoms with Crippen LogP contribution in [0.15, 0.2) is 11.6 Å². The van der Waals surface area contributed by atoms with Gasteiger partial charge in [0.15, 0.2) is 0 Å². The summed E-state index contributed by atoms with van der Waals surface area (Å²) in [6, 6.07) is 0. The number of rotatable bonds is 1. The SMILES string of the molecule is CCC1C=C(C)CC1C. The maximum absolute atomic E-state index is 2.44. The second-order valence-corrected chi connectivity index (χ2v) is 3.27. The molecule has 1 aliphatic rings. The van der Waals surface area contributed by atoms with Crippen LogP contribution in [0.1, 0.15) is 33.6 Å². The lowest BCUT2D eigenvalue weighted by atomic mass is 9.95. The molecule has 0 aromatic rings. The summed E-state index contributed by atoms with van der Waals surface area (Å²) in [6.07, 6.45) is 5.08. The van der Waals surface area contributed by atoms with Gasteiger partial charge in [-0.2, -0.15) is 0 Å². The first-order chi connectivity index (χ1) is 4.24. The summed E-state index contributed by atoms with van der Waals surface area (Å²) in [6.45, 7) is 6.86. The third-order valence-corrected chi connectivity index (χ3v) is 2.34. The number of hydrogen-bond acceptors (Lipinski definition) is 0. The van der Waals surface area contributed by atoms with Gasteiger partial charge in [-0.1, -0.05) is 25.5 Å². The molecule has 0 bridgehead atoms. The molecular weight excluding hydrogens is 108 g/mol. The third-order valence-electron chi connectivity index (χ3n) is 2.34. The van der Waals surface area contributed by atoms with Crippen molar-refractivity contribution < 1.29 is 0 Å². The van der Waals surface area contributed by atoms with Gasteiger partial charge in [-0.3, -0.25) is 0 Å². The highest BCUT2D eigenvalue weighted by Gasteiger charge is 2.19. The molecule has 0 N–H and O–H groups in total. The smallest absolute Gasteiger partial charge is 0.0205 e. The Morgan fingerprint density at radius 1 is 1.67 bits per heavy atom. The Hall–Kier alpha value is -0.260. The highest BCUT2D eigenvalue weighted by Crippen LogP contribution is 2.31. The highest BCUT2D eigenvalue weighted by molar-refractivity contribution is 5.10. The largest absolute Gasteiger partial charge is 0.0822 e. The zero-order valence-corrected chi connectivity index (χ0v) is 6.65. The van der Waals surface area contributed by atoms with Crippen LogP contribution in [0.2, 0.25) is 0 Å². The van der Waals surface area contributed by atoms with Crippen molar-refractivity contribution in [3.63, 3.8) is 0 Å². The Bertz CT molecular complexity index is 122. The van der Waals surface area contributed by atoms with Gasteiger partial charge >= 0.3 is 0 Å². The number of allylic oxidation sites excluding steroid dienone is 2. The van der Waals surface area contributed by atoms with Gasteiger partial charge in [0.05, 0.1) is 0 Å².